The summed E-state index contributed by atoms with van der Waals surface area (Å²) in [5, 5.41) is 21.0. The van der Waals surface area contributed by atoms with E-state index >= 15 is 4.39 Å². The number of nitro groups is 1. The number of carboxylic acids is 1. The maximum atomic E-state index is 15.4. The fraction of sp³-hybridized carbons (Fsp3) is 0.306. The van der Waals surface area contributed by atoms with Gasteiger partial charge in [0.25, 0.3) is 15.7 Å². The molecule has 1 unspecified atom stereocenters. The molecule has 0 radical (unpaired) electrons. The average Bonchev–Trinajstić information content (AvgIpc) is 3.46. The van der Waals surface area contributed by atoms with E-state index in [4.69, 9.17) is 9.84 Å². The fourth-order valence-electron chi connectivity index (χ4n) is 6.44. The molecular formula is C36H37FN2O7S2. The minimum absolute atomic E-state index is 0.0110. The maximum Gasteiger partial charge on any atom is 0.303 e. The van der Waals surface area contributed by atoms with E-state index in [1.165, 1.54) is 30.3 Å². The molecule has 0 bridgehead atoms. The van der Waals surface area contributed by atoms with Crippen LogP contribution in [-0.4, -0.2) is 42.5 Å². The number of carbonyl (C=O) groups is 1. The van der Waals surface area contributed by atoms with Gasteiger partial charge >= 0.3 is 5.97 Å². The fourth-order valence-corrected chi connectivity index (χ4v) is 8.75. The summed E-state index contributed by atoms with van der Waals surface area (Å²) < 4.78 is 51.5. The lowest BCUT2D eigenvalue weighted by molar-refractivity contribution is -0.387. The van der Waals surface area contributed by atoms with Crippen LogP contribution in [0.4, 0.5) is 15.8 Å². The number of hydrogen-bond acceptors (Lipinski definition) is 7. The molecule has 0 saturated carbocycles. The minimum Gasteiger partial charge on any atom is -0.493 e. The number of aliphatic carboxylic acids is 1. The van der Waals surface area contributed by atoms with Crippen LogP contribution >= 0.6 is 11.8 Å². The van der Waals surface area contributed by atoms with Crippen molar-refractivity contribution in [1.82, 2.24) is 0 Å². The van der Waals surface area contributed by atoms with Gasteiger partial charge in [-0.3, -0.25) is 19.2 Å². The van der Waals surface area contributed by atoms with Gasteiger partial charge in [0.05, 0.1) is 23.3 Å². The number of ether oxygens (including phenoxy) is 1. The van der Waals surface area contributed by atoms with E-state index in [1.807, 2.05) is 55.9 Å². The van der Waals surface area contributed by atoms with Crippen molar-refractivity contribution in [2.45, 2.75) is 57.4 Å². The molecule has 1 aliphatic rings. The Bertz CT molecular complexity index is 1940. The van der Waals surface area contributed by atoms with Crippen molar-refractivity contribution in [1.29, 1.82) is 0 Å². The molecule has 5 rings (SSSR count). The Balaban J connectivity index is 1.61. The lowest BCUT2D eigenvalue weighted by Crippen LogP contribution is -2.34. The monoisotopic (exact) mass is 692 g/mol. The van der Waals surface area contributed by atoms with Crippen molar-refractivity contribution >= 4 is 39.1 Å². The first-order valence-electron chi connectivity index (χ1n) is 15.7. The molecule has 0 fully saturated rings. The van der Waals surface area contributed by atoms with Crippen molar-refractivity contribution in [2.24, 2.45) is 0 Å². The van der Waals surface area contributed by atoms with E-state index < -0.39 is 43.4 Å². The molecule has 0 heterocycles. The predicted molar refractivity (Wildman–Crippen MR) is 186 cm³/mol. The number of thioether (sulfide) groups is 1. The first kappa shape index (κ1) is 34.9. The molecule has 4 aromatic carbocycles. The molecular weight excluding hydrogens is 656 g/mol. The number of halogens is 1. The Morgan fingerprint density at radius 3 is 2.48 bits per heavy atom. The number of carboxylic acid groups (broad SMARTS) is 1. The van der Waals surface area contributed by atoms with Crippen LogP contribution in [0.3, 0.4) is 0 Å². The topological polar surface area (TPSA) is 127 Å². The van der Waals surface area contributed by atoms with E-state index in [0.717, 1.165) is 67.1 Å². The standard InChI is InChI=1S/C36H37FN2O7S2/c1-4-47-19-18-46-27-20-23(2)36(24(3)21-27)30-9-7-8-29-28(30)15-16-32(29)38(26-14-12-25(31(37)22-26)13-17-35(40)41)48(44,45)34-11-6-5-10-33(34)39(42)43/h5-12,14,20-22,32H,4,13,15-19H2,1-3H3,(H,40,41). The van der Waals surface area contributed by atoms with E-state index in [2.05, 4.69) is 6.92 Å². The second kappa shape index (κ2) is 14.8. The molecule has 1 N–H and O–H groups in total. The van der Waals surface area contributed by atoms with Gasteiger partial charge < -0.3 is 9.84 Å². The highest BCUT2D eigenvalue weighted by Gasteiger charge is 2.40. The van der Waals surface area contributed by atoms with Crippen molar-refractivity contribution in [3.05, 3.63) is 117 Å². The molecule has 12 heteroatoms. The van der Waals surface area contributed by atoms with E-state index in [9.17, 15) is 23.3 Å². The molecule has 1 aliphatic carbocycles. The molecule has 0 spiro atoms. The van der Waals surface area contributed by atoms with Gasteiger partial charge in [-0.2, -0.15) is 11.8 Å². The summed E-state index contributed by atoms with van der Waals surface area (Å²) in [4.78, 5) is 21.8. The largest absolute Gasteiger partial charge is 0.493 e. The molecule has 0 aliphatic heterocycles. The summed E-state index contributed by atoms with van der Waals surface area (Å²) in [6.07, 6.45) is 0.498. The summed E-state index contributed by atoms with van der Waals surface area (Å²) in [5.74, 6) is 0.853. The summed E-state index contributed by atoms with van der Waals surface area (Å²) in [5.41, 5.74) is 5.19. The third-order valence-electron chi connectivity index (χ3n) is 8.50. The zero-order valence-electron chi connectivity index (χ0n) is 26.9. The highest BCUT2D eigenvalue weighted by molar-refractivity contribution is 7.99. The van der Waals surface area contributed by atoms with Gasteiger partial charge in [-0.05, 0) is 108 Å². The van der Waals surface area contributed by atoms with E-state index in [-0.39, 0.29) is 24.1 Å². The molecule has 1 atom stereocenters. The van der Waals surface area contributed by atoms with Crippen molar-refractivity contribution in [2.75, 3.05) is 22.4 Å². The van der Waals surface area contributed by atoms with Crippen LogP contribution in [0.25, 0.3) is 11.1 Å². The highest BCUT2D eigenvalue weighted by Crippen LogP contribution is 2.47. The maximum absolute atomic E-state index is 15.4. The van der Waals surface area contributed by atoms with Gasteiger partial charge in [0.15, 0.2) is 4.90 Å². The second-order valence-corrected chi connectivity index (χ2v) is 14.8. The number of sulfonamides is 1. The smallest absolute Gasteiger partial charge is 0.303 e. The number of nitrogens with zero attached hydrogens (tertiary/aromatic N) is 2. The molecule has 252 valence electrons. The number of hydrogen-bond donors (Lipinski definition) is 1. The summed E-state index contributed by atoms with van der Waals surface area (Å²) in [7, 11) is -4.61. The number of anilines is 1. The van der Waals surface area contributed by atoms with Crippen molar-refractivity contribution < 1.29 is 32.4 Å². The summed E-state index contributed by atoms with van der Waals surface area (Å²) >= 11 is 1.81. The Morgan fingerprint density at radius 2 is 1.81 bits per heavy atom. The number of rotatable bonds is 14. The second-order valence-electron chi connectivity index (χ2n) is 11.6. The van der Waals surface area contributed by atoms with Crippen LogP contribution < -0.4 is 9.04 Å². The molecule has 0 saturated heterocycles. The molecule has 4 aromatic rings. The quantitative estimate of drug-likeness (QED) is 0.0799. The molecule has 48 heavy (non-hydrogen) atoms. The van der Waals surface area contributed by atoms with Gasteiger partial charge in [0.2, 0.25) is 0 Å². The first-order valence-corrected chi connectivity index (χ1v) is 18.3. The number of benzene rings is 4. The highest BCUT2D eigenvalue weighted by atomic mass is 32.2. The molecule has 0 amide bonds. The third kappa shape index (κ3) is 7.19. The molecule has 9 nitrogen and oxygen atoms in total. The van der Waals surface area contributed by atoms with E-state index in [0.29, 0.717) is 19.4 Å². The summed E-state index contributed by atoms with van der Waals surface area (Å²) in [6.45, 7) is 6.74. The normalized spacial score (nSPS) is 14.0. The Morgan fingerprint density at radius 1 is 1.08 bits per heavy atom. The van der Waals surface area contributed by atoms with E-state index in [1.54, 1.807) is 0 Å². The number of aryl methyl sites for hydroxylation is 3. The third-order valence-corrected chi connectivity index (χ3v) is 11.2. The van der Waals surface area contributed by atoms with Crippen LogP contribution in [0.15, 0.2) is 77.7 Å². The van der Waals surface area contributed by atoms with Crippen molar-refractivity contribution in [3.63, 3.8) is 0 Å². The van der Waals surface area contributed by atoms with Crippen LogP contribution in [0.2, 0.25) is 0 Å². The zero-order valence-corrected chi connectivity index (χ0v) is 28.6. The lowest BCUT2D eigenvalue weighted by Gasteiger charge is -2.31. The number of fused-ring (bicyclic) bond motifs is 1. The number of para-hydroxylation sites is 1. The van der Waals surface area contributed by atoms with Gasteiger partial charge in [0, 0.05) is 18.2 Å². The summed E-state index contributed by atoms with van der Waals surface area (Å²) in [6, 6.07) is 17.9. The van der Waals surface area contributed by atoms with Crippen LogP contribution in [0, 0.1) is 29.8 Å². The van der Waals surface area contributed by atoms with Gasteiger partial charge in [-0.1, -0.05) is 43.3 Å². The van der Waals surface area contributed by atoms with Gasteiger partial charge in [-0.25, -0.2) is 12.8 Å². The van der Waals surface area contributed by atoms with Crippen molar-refractivity contribution in [3.8, 4) is 16.9 Å². The number of nitro benzene ring substituents is 1. The Kier molecular flexibility index (Phi) is 10.7. The molecule has 0 aromatic heterocycles. The van der Waals surface area contributed by atoms with Crippen LogP contribution in [-0.2, 0) is 27.7 Å². The Labute approximate surface area is 284 Å². The SMILES string of the molecule is CCSCCOc1cc(C)c(-c2cccc3c2CCC3N(c2ccc(CCC(=O)O)c(F)c2)S(=O)(=O)c2ccccc2[N+](=O)[O-])c(C)c1. The first-order chi connectivity index (χ1) is 22.9. The lowest BCUT2D eigenvalue weighted by atomic mass is 9.90. The van der Waals surface area contributed by atoms with Gasteiger partial charge in [-0.15, -0.1) is 0 Å². The minimum atomic E-state index is -4.61. The average molecular weight is 693 g/mol. The van der Waals surface area contributed by atoms with Gasteiger partial charge in [0.1, 0.15) is 11.6 Å². The zero-order chi connectivity index (χ0) is 34.6. The van der Waals surface area contributed by atoms with Crippen LogP contribution in [0.1, 0.15) is 53.6 Å². The predicted octanol–water partition coefficient (Wildman–Crippen LogP) is 8.05. The Hall–Kier alpha value is -4.42. The van der Waals surface area contributed by atoms with Crippen LogP contribution in [0.5, 0.6) is 5.75 Å².